The van der Waals surface area contributed by atoms with Crippen LogP contribution in [0.15, 0.2) is 59.5 Å². The predicted molar refractivity (Wildman–Crippen MR) is 210 cm³/mol. The number of piperidine rings is 1. The van der Waals surface area contributed by atoms with Gasteiger partial charge in [0.05, 0.1) is 22.2 Å². The topological polar surface area (TPSA) is 194 Å². The number of benzene rings is 2. The number of fused-ring (bicyclic) bond motifs is 1. The molecular weight excluding hydrogens is 735 g/mol. The number of primary amides is 1. The molecule has 5 N–H and O–H groups in total. The molecule has 1 heterocycles. The van der Waals surface area contributed by atoms with Crippen molar-refractivity contribution in [2.75, 3.05) is 12.3 Å². The maximum Gasteiger partial charge on any atom is 0.315 e. The molecule has 56 heavy (non-hydrogen) atoms. The van der Waals surface area contributed by atoms with Crippen molar-refractivity contribution in [3.05, 3.63) is 60.2 Å². The van der Waals surface area contributed by atoms with Crippen LogP contribution in [0.1, 0.15) is 91.5 Å². The number of amides is 5. The normalized spacial score (nSPS) is 23.5. The number of nitrogens with zero attached hydrogens (tertiary/aromatic N) is 1. The van der Waals surface area contributed by atoms with Gasteiger partial charge in [-0.25, -0.2) is 13.2 Å². The van der Waals surface area contributed by atoms with Crippen LogP contribution in [0.2, 0.25) is 0 Å². The van der Waals surface area contributed by atoms with E-state index in [0.717, 1.165) is 37.7 Å². The summed E-state index contributed by atoms with van der Waals surface area (Å²) in [4.78, 5) is 68.7. The van der Waals surface area contributed by atoms with Crippen LogP contribution in [0, 0.1) is 28.6 Å². The Bertz CT molecular complexity index is 1920. The molecule has 1 aliphatic heterocycles. The fraction of sp³-hybridized carbons (Fsp3) is 0.595. The minimum atomic E-state index is -3.86. The number of urea groups is 1. The Labute approximate surface area is 330 Å². The van der Waals surface area contributed by atoms with E-state index in [-0.39, 0.29) is 33.8 Å². The average molecular weight is 792 g/mol. The van der Waals surface area contributed by atoms with Gasteiger partial charge in [-0.1, -0.05) is 97.1 Å². The molecule has 0 bridgehead atoms. The van der Waals surface area contributed by atoms with E-state index in [1.54, 1.807) is 12.1 Å². The average Bonchev–Trinajstić information content (AvgIpc) is 4.00. The molecule has 2 aromatic carbocycles. The second-order valence-corrected chi connectivity index (χ2v) is 20.1. The van der Waals surface area contributed by atoms with Crippen molar-refractivity contribution in [3.63, 3.8) is 0 Å². The van der Waals surface area contributed by atoms with Crippen LogP contribution in [-0.4, -0.2) is 78.8 Å². The Morgan fingerprint density at radius 2 is 1.57 bits per heavy atom. The third-order valence-electron chi connectivity index (χ3n) is 12.4. The van der Waals surface area contributed by atoms with Gasteiger partial charge in [0.2, 0.25) is 17.6 Å². The smallest absolute Gasteiger partial charge is 0.315 e. The third kappa shape index (κ3) is 9.22. The molecule has 304 valence electrons. The van der Waals surface area contributed by atoms with Crippen LogP contribution in [0.3, 0.4) is 0 Å². The Morgan fingerprint density at radius 1 is 0.929 bits per heavy atom. The number of carbonyl (C=O) groups excluding carboxylic acids is 5. The van der Waals surface area contributed by atoms with E-state index in [2.05, 4.69) is 16.0 Å². The molecule has 5 amide bonds. The van der Waals surface area contributed by atoms with Gasteiger partial charge in [0, 0.05) is 6.54 Å². The van der Waals surface area contributed by atoms with Gasteiger partial charge >= 0.3 is 6.03 Å². The molecule has 14 heteroatoms. The lowest BCUT2D eigenvalue weighted by atomic mass is 9.83. The standard InChI is InChI=1S/C42H57N5O8S/c1-40(2,3)35(38(51)47-23-30-32(41(30,4)5)33(47)37(50)44-31(22-26-14-15-26)34(48)36(43)49)45-39(52)46-42(20-10-7-11-21-42)25-56(53,54)29-18-16-28(17-19-29)55-24-27-12-8-6-9-13-27/h6,8-9,12-13,16-19,26,30-33,35H,7,10-11,14-15,20-25H2,1-5H3,(H2,43,49)(H,44,50)(H2,45,46,52)/t30?,31?,32?,33-,35?/m0/s1. The molecule has 5 atom stereocenters. The zero-order valence-corrected chi connectivity index (χ0v) is 34.0. The summed E-state index contributed by atoms with van der Waals surface area (Å²) in [6.07, 6.45) is 5.37. The van der Waals surface area contributed by atoms with Crippen molar-refractivity contribution in [3.8, 4) is 5.75 Å². The first-order valence-electron chi connectivity index (χ1n) is 19.8. The predicted octanol–water partition coefficient (Wildman–Crippen LogP) is 4.28. The number of hydrogen-bond donors (Lipinski definition) is 4. The highest BCUT2D eigenvalue weighted by Gasteiger charge is 2.70. The number of ketones is 1. The summed E-state index contributed by atoms with van der Waals surface area (Å²) < 4.78 is 33.6. The van der Waals surface area contributed by atoms with Gasteiger partial charge in [-0.05, 0) is 77.7 Å². The van der Waals surface area contributed by atoms with Crippen LogP contribution in [-0.2, 0) is 35.6 Å². The Kier molecular flexibility index (Phi) is 11.6. The summed E-state index contributed by atoms with van der Waals surface area (Å²) in [6, 6.07) is 12.2. The molecule has 3 aliphatic carbocycles. The van der Waals surface area contributed by atoms with E-state index < -0.39 is 68.5 Å². The molecule has 4 fully saturated rings. The summed E-state index contributed by atoms with van der Waals surface area (Å²) in [6.45, 7) is 10.2. The number of Topliss-reactive ketones (excluding diaryl/α,β-unsaturated/α-hetero) is 1. The summed E-state index contributed by atoms with van der Waals surface area (Å²) in [5.41, 5.74) is 4.22. The fourth-order valence-electron chi connectivity index (χ4n) is 8.85. The van der Waals surface area contributed by atoms with E-state index in [1.165, 1.54) is 17.0 Å². The monoisotopic (exact) mass is 791 g/mol. The van der Waals surface area contributed by atoms with Gasteiger partial charge in [-0.15, -0.1) is 0 Å². The van der Waals surface area contributed by atoms with Crippen LogP contribution in [0.25, 0.3) is 0 Å². The van der Waals surface area contributed by atoms with E-state index in [9.17, 15) is 32.4 Å². The number of ether oxygens (including phenoxy) is 1. The van der Waals surface area contributed by atoms with Crippen LogP contribution in [0.4, 0.5) is 4.79 Å². The van der Waals surface area contributed by atoms with Gasteiger partial charge in [-0.2, -0.15) is 0 Å². The molecule has 2 aromatic rings. The molecule has 0 aromatic heterocycles. The second kappa shape index (κ2) is 15.8. The van der Waals surface area contributed by atoms with Gasteiger partial charge in [-0.3, -0.25) is 19.2 Å². The molecule has 1 saturated heterocycles. The van der Waals surface area contributed by atoms with Crippen molar-refractivity contribution in [1.82, 2.24) is 20.9 Å². The highest BCUT2D eigenvalue weighted by molar-refractivity contribution is 7.91. The van der Waals surface area contributed by atoms with Crippen LogP contribution >= 0.6 is 0 Å². The minimum Gasteiger partial charge on any atom is -0.489 e. The van der Waals surface area contributed by atoms with Crippen molar-refractivity contribution >= 4 is 39.4 Å². The number of carbonyl (C=O) groups is 5. The summed E-state index contributed by atoms with van der Waals surface area (Å²) in [7, 11) is -3.86. The maximum absolute atomic E-state index is 14.5. The van der Waals surface area contributed by atoms with Gasteiger partial charge in [0.15, 0.2) is 9.84 Å². The molecule has 0 radical (unpaired) electrons. The SMILES string of the molecule is CC(C)(C)C(NC(=O)NC1(CS(=O)(=O)c2ccc(OCc3ccccc3)cc2)CCCCC1)C(=O)N1CC2C([C@H]1C(=O)NC(CC1CC1)C(=O)C(N)=O)C2(C)C. The number of nitrogens with one attached hydrogen (secondary N) is 3. The number of sulfone groups is 1. The van der Waals surface area contributed by atoms with E-state index in [4.69, 9.17) is 10.5 Å². The first-order valence-corrected chi connectivity index (χ1v) is 21.5. The first kappa shape index (κ1) is 41.2. The van der Waals surface area contributed by atoms with Crippen molar-refractivity contribution in [1.29, 1.82) is 0 Å². The molecule has 6 rings (SSSR count). The van der Waals surface area contributed by atoms with E-state index >= 15 is 0 Å². The largest absolute Gasteiger partial charge is 0.489 e. The highest BCUT2D eigenvalue weighted by Crippen LogP contribution is 2.65. The second-order valence-electron chi connectivity index (χ2n) is 18.1. The highest BCUT2D eigenvalue weighted by atomic mass is 32.2. The van der Waals surface area contributed by atoms with Crippen molar-refractivity contribution in [2.45, 2.75) is 121 Å². The maximum atomic E-state index is 14.5. The lowest BCUT2D eigenvalue weighted by molar-refractivity contribution is -0.145. The number of hydrogen-bond acceptors (Lipinski definition) is 8. The zero-order valence-electron chi connectivity index (χ0n) is 33.1. The van der Waals surface area contributed by atoms with Crippen molar-refractivity contribution < 1.29 is 37.1 Å². The Hall–Kier alpha value is -4.46. The zero-order chi connectivity index (χ0) is 40.6. The van der Waals surface area contributed by atoms with Crippen LogP contribution < -0.4 is 26.4 Å². The summed E-state index contributed by atoms with van der Waals surface area (Å²) in [5.74, 6) is -2.65. The first-order chi connectivity index (χ1) is 26.3. The molecule has 13 nitrogen and oxygen atoms in total. The number of nitrogens with two attached hydrogens (primary N) is 1. The fourth-order valence-corrected chi connectivity index (χ4v) is 10.7. The molecule has 3 saturated carbocycles. The lowest BCUT2D eigenvalue weighted by Crippen LogP contribution is -2.63. The Balaban J connectivity index is 1.15. The van der Waals surface area contributed by atoms with E-state index in [1.807, 2.05) is 65.0 Å². The summed E-state index contributed by atoms with van der Waals surface area (Å²) >= 11 is 0. The van der Waals surface area contributed by atoms with Crippen molar-refractivity contribution in [2.24, 2.45) is 34.3 Å². The summed E-state index contributed by atoms with van der Waals surface area (Å²) in [5, 5.41) is 8.67. The molecule has 4 aliphatic rings. The quantitative estimate of drug-likeness (QED) is 0.192. The van der Waals surface area contributed by atoms with E-state index in [0.29, 0.717) is 38.2 Å². The minimum absolute atomic E-state index is 0.0329. The van der Waals surface area contributed by atoms with Gasteiger partial charge in [0.25, 0.3) is 5.91 Å². The number of rotatable bonds is 15. The molecule has 4 unspecified atom stereocenters. The number of likely N-dealkylation sites (tertiary alicyclic amines) is 1. The molecular formula is C42H57N5O8S. The van der Waals surface area contributed by atoms with Crippen LogP contribution in [0.5, 0.6) is 5.75 Å². The third-order valence-corrected chi connectivity index (χ3v) is 14.3. The Morgan fingerprint density at radius 3 is 2.16 bits per heavy atom. The van der Waals surface area contributed by atoms with Gasteiger partial charge in [0.1, 0.15) is 24.4 Å². The molecule has 0 spiro atoms. The van der Waals surface area contributed by atoms with Gasteiger partial charge < -0.3 is 31.3 Å². The lowest BCUT2D eigenvalue weighted by Gasteiger charge is -2.40.